The first-order chi connectivity index (χ1) is 13.5. The quantitative estimate of drug-likeness (QED) is 0.345. The molecule has 0 heterocycles. The summed E-state index contributed by atoms with van der Waals surface area (Å²) in [5.41, 5.74) is 2.02. The van der Waals surface area contributed by atoms with Gasteiger partial charge in [0, 0.05) is 6.07 Å². The summed E-state index contributed by atoms with van der Waals surface area (Å²) in [6.45, 7) is 3.88. The van der Waals surface area contributed by atoms with E-state index in [4.69, 9.17) is 4.43 Å². The van der Waals surface area contributed by atoms with Crippen molar-refractivity contribution in [3.05, 3.63) is 112 Å². The summed E-state index contributed by atoms with van der Waals surface area (Å²) in [4.78, 5) is 10.8. The van der Waals surface area contributed by atoms with Gasteiger partial charge in [-0.15, -0.1) is 6.58 Å². The molecule has 0 radical (unpaired) electrons. The van der Waals surface area contributed by atoms with Crippen LogP contribution in [0.1, 0.15) is 5.56 Å². The van der Waals surface area contributed by atoms with E-state index in [1.807, 2.05) is 0 Å². The average Bonchev–Trinajstić information content (AvgIpc) is 2.71. The van der Waals surface area contributed by atoms with E-state index in [1.54, 1.807) is 48.2 Å². The Hall–Kier alpha value is -3.16. The second-order valence-corrected chi connectivity index (χ2v) is 9.45. The highest BCUT2D eigenvalue weighted by atomic mass is 28.4. The predicted octanol–water partition coefficient (Wildman–Crippen LogP) is 3.87. The average molecular weight is 397 g/mol. The molecule has 3 aromatic carbocycles. The van der Waals surface area contributed by atoms with Crippen LogP contribution in [0.2, 0.25) is 0 Å². The molecule has 0 saturated heterocycles. The zero-order valence-corrected chi connectivity index (χ0v) is 15.8. The lowest BCUT2D eigenvalue weighted by Crippen LogP contribution is -2.59. The minimum absolute atomic E-state index is 0.0376. The number of nitrogens with zero attached hydrogens (tertiary/aromatic N) is 1. The molecule has 0 aliphatic heterocycles. The van der Waals surface area contributed by atoms with Crippen LogP contribution in [0.15, 0.2) is 85.1 Å². The highest BCUT2D eigenvalue weighted by Gasteiger charge is 2.37. The first-order valence-electron chi connectivity index (χ1n) is 8.48. The Morgan fingerprint density at radius 3 is 1.89 bits per heavy atom. The van der Waals surface area contributed by atoms with Gasteiger partial charge in [-0.2, -0.15) is 0 Å². The third-order valence-corrected chi connectivity index (χ3v) is 8.03. The van der Waals surface area contributed by atoms with Crippen LogP contribution in [0.25, 0.3) is 0 Å². The first kappa shape index (κ1) is 19.6. The molecule has 0 atom stereocenters. The van der Waals surface area contributed by atoms with Crippen molar-refractivity contribution in [2.45, 2.75) is 6.61 Å². The zero-order chi connectivity index (χ0) is 20.1. The third-order valence-electron chi connectivity index (χ3n) is 4.48. The first-order valence-corrected chi connectivity index (χ1v) is 10.5. The van der Waals surface area contributed by atoms with Gasteiger partial charge in [-0.05, 0) is 40.7 Å². The van der Waals surface area contributed by atoms with Crippen LogP contribution in [0.4, 0.5) is 14.5 Å². The van der Waals surface area contributed by atoms with Crippen LogP contribution in [0.5, 0.6) is 0 Å². The standard InChI is InChI=1S/C21H17F2NO3Si/c1-2-28(19-11-7-17(22)8-12-19,20-13-9-18(23)10-14-20)27-15-16-5-3-4-6-21(16)24(25)26/h2-14H,1,15H2. The van der Waals surface area contributed by atoms with E-state index in [1.165, 1.54) is 30.3 Å². The molecular weight excluding hydrogens is 380 g/mol. The number of halogens is 2. The molecule has 0 amide bonds. The van der Waals surface area contributed by atoms with E-state index in [2.05, 4.69) is 6.58 Å². The number of hydrogen-bond donors (Lipinski definition) is 0. The molecule has 0 unspecified atom stereocenters. The molecule has 0 fully saturated rings. The normalized spacial score (nSPS) is 11.2. The molecule has 7 heteroatoms. The molecule has 0 bridgehead atoms. The van der Waals surface area contributed by atoms with Crippen LogP contribution in [0.3, 0.4) is 0 Å². The summed E-state index contributed by atoms with van der Waals surface area (Å²) in [6, 6.07) is 18.0. The molecule has 0 spiro atoms. The largest absolute Gasteiger partial charge is 0.400 e. The van der Waals surface area contributed by atoms with E-state index in [-0.39, 0.29) is 12.3 Å². The fraction of sp³-hybridized carbons (Fsp3) is 0.0476. The van der Waals surface area contributed by atoms with Gasteiger partial charge in [0.25, 0.3) is 14.0 Å². The lowest BCUT2D eigenvalue weighted by atomic mass is 10.2. The van der Waals surface area contributed by atoms with Crippen molar-refractivity contribution < 1.29 is 18.1 Å². The summed E-state index contributed by atoms with van der Waals surface area (Å²) in [6.07, 6.45) is 0. The predicted molar refractivity (Wildman–Crippen MR) is 106 cm³/mol. The highest BCUT2D eigenvalue weighted by molar-refractivity contribution is 7.01. The molecule has 28 heavy (non-hydrogen) atoms. The Balaban J connectivity index is 2.06. The SMILES string of the molecule is C=C[Si](OCc1ccccc1[N+](=O)[O-])(c1ccc(F)cc1)c1ccc(F)cc1. The fourth-order valence-electron chi connectivity index (χ4n) is 3.03. The Morgan fingerprint density at radius 2 is 1.43 bits per heavy atom. The summed E-state index contributed by atoms with van der Waals surface area (Å²) >= 11 is 0. The van der Waals surface area contributed by atoms with Gasteiger partial charge in [-0.1, -0.05) is 42.1 Å². The summed E-state index contributed by atoms with van der Waals surface area (Å²) in [7, 11) is -3.10. The van der Waals surface area contributed by atoms with Gasteiger partial charge in [-0.3, -0.25) is 10.1 Å². The van der Waals surface area contributed by atoms with E-state index in [0.29, 0.717) is 15.9 Å². The topological polar surface area (TPSA) is 52.4 Å². The van der Waals surface area contributed by atoms with Gasteiger partial charge in [0.2, 0.25) is 0 Å². The maximum absolute atomic E-state index is 13.5. The lowest BCUT2D eigenvalue weighted by molar-refractivity contribution is -0.385. The monoisotopic (exact) mass is 397 g/mol. The van der Waals surface area contributed by atoms with Crippen LogP contribution in [0, 0.1) is 21.7 Å². The van der Waals surface area contributed by atoms with Gasteiger partial charge < -0.3 is 4.43 Å². The molecule has 142 valence electrons. The Bertz CT molecular complexity index is 946. The maximum Gasteiger partial charge on any atom is 0.280 e. The van der Waals surface area contributed by atoms with Crippen molar-refractivity contribution in [3.8, 4) is 0 Å². The van der Waals surface area contributed by atoms with Crippen LogP contribution < -0.4 is 10.4 Å². The molecule has 0 saturated carbocycles. The highest BCUT2D eigenvalue weighted by Crippen LogP contribution is 2.21. The Labute approximate surface area is 162 Å². The molecular formula is C21H17F2NO3Si. The number of hydrogen-bond acceptors (Lipinski definition) is 3. The fourth-order valence-corrected chi connectivity index (χ4v) is 5.99. The Kier molecular flexibility index (Phi) is 5.77. The molecule has 3 rings (SSSR count). The second-order valence-electron chi connectivity index (χ2n) is 6.13. The van der Waals surface area contributed by atoms with Crippen LogP contribution in [-0.4, -0.2) is 13.2 Å². The molecule has 3 aromatic rings. The number of rotatable bonds is 7. The minimum atomic E-state index is -3.10. The maximum atomic E-state index is 13.5. The summed E-state index contributed by atoms with van der Waals surface area (Å²) < 4.78 is 33.2. The van der Waals surface area contributed by atoms with Crippen molar-refractivity contribution in [2.75, 3.05) is 0 Å². The Morgan fingerprint density at radius 1 is 0.929 bits per heavy atom. The van der Waals surface area contributed by atoms with Crippen LogP contribution in [-0.2, 0) is 11.0 Å². The summed E-state index contributed by atoms with van der Waals surface area (Å²) in [5, 5.41) is 12.7. The van der Waals surface area contributed by atoms with Gasteiger partial charge in [0.05, 0.1) is 17.1 Å². The molecule has 0 aromatic heterocycles. The van der Waals surface area contributed by atoms with Gasteiger partial charge >= 0.3 is 0 Å². The van der Waals surface area contributed by atoms with Crippen molar-refractivity contribution in [1.82, 2.24) is 0 Å². The van der Waals surface area contributed by atoms with Crippen LogP contribution >= 0.6 is 0 Å². The van der Waals surface area contributed by atoms with E-state index < -0.39 is 24.9 Å². The van der Waals surface area contributed by atoms with E-state index in [9.17, 15) is 18.9 Å². The van der Waals surface area contributed by atoms with Gasteiger partial charge in [0.15, 0.2) is 0 Å². The number of nitro groups is 1. The van der Waals surface area contributed by atoms with Crippen molar-refractivity contribution >= 4 is 24.4 Å². The molecule has 4 nitrogen and oxygen atoms in total. The van der Waals surface area contributed by atoms with Crippen molar-refractivity contribution in [2.24, 2.45) is 0 Å². The van der Waals surface area contributed by atoms with Gasteiger partial charge in [0.1, 0.15) is 11.6 Å². The minimum Gasteiger partial charge on any atom is -0.400 e. The number of nitro benzene ring substituents is 1. The number of benzene rings is 3. The molecule has 0 aliphatic carbocycles. The van der Waals surface area contributed by atoms with Crippen molar-refractivity contribution in [1.29, 1.82) is 0 Å². The number of para-hydroxylation sites is 1. The van der Waals surface area contributed by atoms with E-state index >= 15 is 0 Å². The van der Waals surface area contributed by atoms with Gasteiger partial charge in [-0.25, -0.2) is 8.78 Å². The summed E-state index contributed by atoms with van der Waals surface area (Å²) in [5.74, 6) is -0.790. The lowest BCUT2D eigenvalue weighted by Gasteiger charge is -2.29. The molecule has 0 aliphatic rings. The van der Waals surface area contributed by atoms with Crippen molar-refractivity contribution in [3.63, 3.8) is 0 Å². The third kappa shape index (κ3) is 3.90. The smallest absolute Gasteiger partial charge is 0.280 e. The zero-order valence-electron chi connectivity index (χ0n) is 14.8. The van der Waals surface area contributed by atoms with E-state index in [0.717, 1.165) is 0 Å². The second kappa shape index (κ2) is 8.24. The molecule has 0 N–H and O–H groups in total.